The molecule has 0 aliphatic rings. The maximum Gasteiger partial charge on any atom is 0.331 e. The molecule has 21 heavy (non-hydrogen) atoms. The molecule has 3 aromatic rings. The molecule has 0 fully saturated rings. The first-order valence-electron chi connectivity index (χ1n) is 6.20. The summed E-state index contributed by atoms with van der Waals surface area (Å²) in [4.78, 5) is 24.2. The summed E-state index contributed by atoms with van der Waals surface area (Å²) < 4.78 is 5.30. The minimum atomic E-state index is -1.10. The van der Waals surface area contributed by atoms with Crippen LogP contribution in [0.2, 0.25) is 0 Å². The molecule has 0 spiro atoms. The lowest BCUT2D eigenvalue weighted by Crippen LogP contribution is -2.33. The van der Waals surface area contributed by atoms with Gasteiger partial charge in [0.2, 0.25) is 0 Å². The normalized spacial score (nSPS) is 12.2. The van der Waals surface area contributed by atoms with Crippen LogP contribution in [0, 0.1) is 0 Å². The Labute approximate surface area is 123 Å². The molecule has 5 nitrogen and oxygen atoms in total. The van der Waals surface area contributed by atoms with Crippen LogP contribution in [0.25, 0.3) is 11.0 Å². The number of aliphatic carboxylic acids is 1. The highest BCUT2D eigenvalue weighted by molar-refractivity contribution is 7.10. The van der Waals surface area contributed by atoms with Gasteiger partial charge in [0, 0.05) is 10.3 Å². The Kier molecular flexibility index (Phi) is 3.45. The van der Waals surface area contributed by atoms with Crippen molar-refractivity contribution in [3.05, 3.63) is 58.5 Å². The summed E-state index contributed by atoms with van der Waals surface area (Å²) in [6.07, 6.45) is 1.34. The Bertz CT molecular complexity index is 791. The number of nitrogens with one attached hydrogen (secondary N) is 1. The zero-order chi connectivity index (χ0) is 14.8. The van der Waals surface area contributed by atoms with Gasteiger partial charge in [-0.1, -0.05) is 24.3 Å². The summed E-state index contributed by atoms with van der Waals surface area (Å²) in [7, 11) is 0. The van der Waals surface area contributed by atoms with Crippen molar-refractivity contribution < 1.29 is 19.1 Å². The van der Waals surface area contributed by atoms with E-state index in [2.05, 4.69) is 5.32 Å². The molecule has 0 saturated heterocycles. The summed E-state index contributed by atoms with van der Waals surface area (Å²) in [6, 6.07) is 9.47. The molecule has 0 aliphatic carbocycles. The van der Waals surface area contributed by atoms with Gasteiger partial charge in [-0.15, -0.1) is 11.3 Å². The SMILES string of the molecule is O=C(NC(C(=O)O)c1cccs1)c1coc2ccccc12. The fourth-order valence-electron chi connectivity index (χ4n) is 2.07. The number of para-hydroxylation sites is 1. The number of carbonyl (C=O) groups is 2. The van der Waals surface area contributed by atoms with Crippen molar-refractivity contribution in [3.8, 4) is 0 Å². The molecule has 1 unspecified atom stereocenters. The number of fused-ring (bicyclic) bond motifs is 1. The fourth-order valence-corrected chi connectivity index (χ4v) is 2.84. The highest BCUT2D eigenvalue weighted by atomic mass is 32.1. The highest BCUT2D eigenvalue weighted by Gasteiger charge is 2.25. The van der Waals surface area contributed by atoms with Crippen molar-refractivity contribution in [2.45, 2.75) is 6.04 Å². The molecule has 1 atom stereocenters. The van der Waals surface area contributed by atoms with Gasteiger partial charge in [-0.3, -0.25) is 4.79 Å². The van der Waals surface area contributed by atoms with E-state index in [9.17, 15) is 14.7 Å². The third-order valence-electron chi connectivity index (χ3n) is 3.08. The first-order chi connectivity index (χ1) is 10.2. The Morgan fingerprint density at radius 1 is 1.19 bits per heavy atom. The van der Waals surface area contributed by atoms with E-state index in [1.807, 2.05) is 0 Å². The molecular weight excluding hydrogens is 290 g/mol. The topological polar surface area (TPSA) is 79.5 Å². The number of hydrogen-bond acceptors (Lipinski definition) is 4. The number of amides is 1. The maximum atomic E-state index is 12.3. The van der Waals surface area contributed by atoms with Crippen LogP contribution in [0.5, 0.6) is 0 Å². The third-order valence-corrected chi connectivity index (χ3v) is 4.01. The van der Waals surface area contributed by atoms with E-state index in [1.54, 1.807) is 41.8 Å². The minimum Gasteiger partial charge on any atom is -0.479 e. The lowest BCUT2D eigenvalue weighted by atomic mass is 10.1. The van der Waals surface area contributed by atoms with Gasteiger partial charge in [-0.05, 0) is 17.5 Å². The summed E-state index contributed by atoms with van der Waals surface area (Å²) in [6.45, 7) is 0. The largest absolute Gasteiger partial charge is 0.479 e. The van der Waals surface area contributed by atoms with E-state index in [4.69, 9.17) is 4.42 Å². The molecule has 3 rings (SSSR count). The molecule has 0 saturated carbocycles. The van der Waals surface area contributed by atoms with E-state index < -0.39 is 17.9 Å². The third kappa shape index (κ3) is 2.53. The summed E-state index contributed by atoms with van der Waals surface area (Å²) in [5, 5.41) is 14.2. The van der Waals surface area contributed by atoms with Crippen LogP contribution >= 0.6 is 11.3 Å². The predicted octanol–water partition coefficient (Wildman–Crippen LogP) is 3.05. The lowest BCUT2D eigenvalue weighted by Gasteiger charge is -2.12. The van der Waals surface area contributed by atoms with Gasteiger partial charge < -0.3 is 14.8 Å². The second kappa shape index (κ2) is 5.41. The summed E-state index contributed by atoms with van der Waals surface area (Å²) >= 11 is 1.28. The van der Waals surface area contributed by atoms with Gasteiger partial charge in [0.05, 0.1) is 5.56 Å². The zero-order valence-corrected chi connectivity index (χ0v) is 11.6. The summed E-state index contributed by atoms with van der Waals surface area (Å²) in [5.41, 5.74) is 0.916. The van der Waals surface area contributed by atoms with Crippen molar-refractivity contribution in [3.63, 3.8) is 0 Å². The lowest BCUT2D eigenvalue weighted by molar-refractivity contribution is -0.139. The van der Waals surface area contributed by atoms with Gasteiger partial charge in [0.1, 0.15) is 11.8 Å². The highest BCUT2D eigenvalue weighted by Crippen LogP contribution is 2.23. The van der Waals surface area contributed by atoms with E-state index >= 15 is 0 Å². The molecular formula is C15H11NO4S. The number of benzene rings is 1. The Morgan fingerprint density at radius 2 is 2.00 bits per heavy atom. The second-order valence-corrected chi connectivity index (χ2v) is 5.38. The van der Waals surface area contributed by atoms with Gasteiger partial charge in [0.25, 0.3) is 5.91 Å². The van der Waals surface area contributed by atoms with Crippen molar-refractivity contribution >= 4 is 34.2 Å². The molecule has 2 heterocycles. The molecule has 0 aliphatic heterocycles. The number of carboxylic acids is 1. The predicted molar refractivity (Wildman–Crippen MR) is 78.4 cm³/mol. The molecule has 2 N–H and O–H groups in total. The number of hydrogen-bond donors (Lipinski definition) is 2. The molecule has 1 amide bonds. The van der Waals surface area contributed by atoms with Crippen LogP contribution in [0.4, 0.5) is 0 Å². The Morgan fingerprint density at radius 3 is 2.71 bits per heavy atom. The number of carboxylic acid groups (broad SMARTS) is 1. The van der Waals surface area contributed by atoms with E-state index in [1.165, 1.54) is 17.6 Å². The van der Waals surface area contributed by atoms with Crippen LogP contribution in [-0.2, 0) is 4.79 Å². The number of thiophene rings is 1. The van der Waals surface area contributed by atoms with Crippen molar-refractivity contribution in [2.24, 2.45) is 0 Å². The van der Waals surface area contributed by atoms with E-state index in [0.29, 0.717) is 21.4 Å². The van der Waals surface area contributed by atoms with Crippen LogP contribution in [-0.4, -0.2) is 17.0 Å². The summed E-state index contributed by atoms with van der Waals surface area (Å²) in [5.74, 6) is -1.57. The molecule has 6 heteroatoms. The number of furan rings is 1. The molecule has 0 radical (unpaired) electrons. The van der Waals surface area contributed by atoms with Crippen molar-refractivity contribution in [2.75, 3.05) is 0 Å². The standard InChI is InChI=1S/C15H11NO4S/c17-14(10-8-20-11-5-2-1-4-9(10)11)16-13(15(18)19)12-6-3-7-21-12/h1-8,13H,(H,16,17)(H,18,19). The average Bonchev–Trinajstić information content (AvgIpc) is 3.13. The average molecular weight is 301 g/mol. The van der Waals surface area contributed by atoms with Gasteiger partial charge >= 0.3 is 5.97 Å². The molecule has 2 aromatic heterocycles. The second-order valence-electron chi connectivity index (χ2n) is 4.41. The number of carbonyl (C=O) groups excluding carboxylic acids is 1. The maximum absolute atomic E-state index is 12.3. The van der Waals surface area contributed by atoms with Crippen LogP contribution < -0.4 is 5.32 Å². The Balaban J connectivity index is 1.90. The monoisotopic (exact) mass is 301 g/mol. The molecule has 0 bridgehead atoms. The van der Waals surface area contributed by atoms with Crippen LogP contribution in [0.3, 0.4) is 0 Å². The fraction of sp³-hybridized carbons (Fsp3) is 0.0667. The van der Waals surface area contributed by atoms with Crippen molar-refractivity contribution in [1.29, 1.82) is 0 Å². The quantitative estimate of drug-likeness (QED) is 0.776. The Hall–Kier alpha value is -2.60. The first kappa shape index (κ1) is 13.4. The van der Waals surface area contributed by atoms with Crippen LogP contribution in [0.15, 0.2) is 52.5 Å². The van der Waals surface area contributed by atoms with Crippen LogP contribution in [0.1, 0.15) is 21.3 Å². The van der Waals surface area contributed by atoms with Crippen molar-refractivity contribution in [1.82, 2.24) is 5.32 Å². The zero-order valence-electron chi connectivity index (χ0n) is 10.8. The van der Waals surface area contributed by atoms with Gasteiger partial charge in [0.15, 0.2) is 6.04 Å². The first-order valence-corrected chi connectivity index (χ1v) is 7.08. The molecule has 106 valence electrons. The minimum absolute atomic E-state index is 0.327. The van der Waals surface area contributed by atoms with E-state index in [0.717, 1.165) is 0 Å². The van der Waals surface area contributed by atoms with Gasteiger partial charge in [-0.25, -0.2) is 4.79 Å². The van der Waals surface area contributed by atoms with E-state index in [-0.39, 0.29) is 0 Å². The smallest absolute Gasteiger partial charge is 0.331 e. The van der Waals surface area contributed by atoms with Gasteiger partial charge in [-0.2, -0.15) is 0 Å². The number of rotatable bonds is 4. The molecule has 1 aromatic carbocycles.